The second-order valence-electron chi connectivity index (χ2n) is 3.16. The quantitative estimate of drug-likeness (QED) is 0.808. The Morgan fingerprint density at radius 1 is 1.60 bits per heavy atom. The topological polar surface area (TPSA) is 68.0 Å². The van der Waals surface area contributed by atoms with Crippen molar-refractivity contribution in [3.05, 3.63) is 17.8 Å². The number of hydrogen-bond acceptors (Lipinski definition) is 4. The molecule has 5 nitrogen and oxygen atoms in total. The van der Waals surface area contributed by atoms with Crippen LogP contribution in [0.2, 0.25) is 0 Å². The molecule has 0 aromatic carbocycles. The van der Waals surface area contributed by atoms with Gasteiger partial charge in [-0.2, -0.15) is 4.98 Å². The number of hydrogen-bond donors (Lipinski definition) is 1. The van der Waals surface area contributed by atoms with Crippen molar-refractivity contribution in [2.75, 3.05) is 7.05 Å². The van der Waals surface area contributed by atoms with E-state index >= 15 is 0 Å². The van der Waals surface area contributed by atoms with Crippen LogP contribution in [-0.2, 0) is 11.2 Å². The standard InChI is InChI=1S/C10H15N3O2/c1-4-5-7(2)10-12-8(13-15-10)6-9(14)11-3/h5H,4,6H2,1-3H3,(H,11,14)/b7-5+. The normalized spacial score (nSPS) is 11.5. The third-order valence-electron chi connectivity index (χ3n) is 1.91. The molecule has 1 heterocycles. The van der Waals surface area contributed by atoms with Crippen LogP contribution in [0.5, 0.6) is 0 Å². The van der Waals surface area contributed by atoms with Crippen LogP contribution >= 0.6 is 0 Å². The first-order chi connectivity index (χ1) is 7.17. The first kappa shape index (κ1) is 11.4. The highest BCUT2D eigenvalue weighted by molar-refractivity contribution is 5.77. The summed E-state index contributed by atoms with van der Waals surface area (Å²) in [7, 11) is 1.57. The largest absolute Gasteiger partial charge is 0.359 e. The average molecular weight is 209 g/mol. The van der Waals surface area contributed by atoms with E-state index in [1.807, 2.05) is 19.9 Å². The fraction of sp³-hybridized carbons (Fsp3) is 0.500. The minimum atomic E-state index is -0.125. The summed E-state index contributed by atoms with van der Waals surface area (Å²) in [5, 5.41) is 6.22. The van der Waals surface area contributed by atoms with Crippen LogP contribution in [0.3, 0.4) is 0 Å². The highest BCUT2D eigenvalue weighted by Crippen LogP contribution is 2.11. The van der Waals surface area contributed by atoms with Crippen molar-refractivity contribution >= 4 is 11.5 Å². The molecule has 0 atom stereocenters. The van der Waals surface area contributed by atoms with E-state index in [2.05, 4.69) is 15.5 Å². The Hall–Kier alpha value is -1.65. The summed E-state index contributed by atoms with van der Waals surface area (Å²) < 4.78 is 5.01. The summed E-state index contributed by atoms with van der Waals surface area (Å²) in [5.74, 6) is 0.767. The molecule has 5 heteroatoms. The van der Waals surface area contributed by atoms with Gasteiger partial charge in [0.25, 0.3) is 5.89 Å². The molecule has 0 aliphatic heterocycles. The second kappa shape index (κ2) is 5.29. The molecule has 0 bridgehead atoms. The van der Waals surface area contributed by atoms with Gasteiger partial charge in [-0.3, -0.25) is 4.79 Å². The van der Waals surface area contributed by atoms with E-state index in [1.165, 1.54) is 0 Å². The lowest BCUT2D eigenvalue weighted by Crippen LogP contribution is -2.20. The van der Waals surface area contributed by atoms with Crippen molar-refractivity contribution in [2.24, 2.45) is 0 Å². The number of nitrogens with one attached hydrogen (secondary N) is 1. The van der Waals surface area contributed by atoms with Gasteiger partial charge >= 0.3 is 0 Å². The van der Waals surface area contributed by atoms with Gasteiger partial charge in [-0.1, -0.05) is 18.2 Å². The SMILES string of the molecule is CC/C=C(\C)c1nc(CC(=O)NC)no1. The Balaban J connectivity index is 2.72. The van der Waals surface area contributed by atoms with E-state index in [4.69, 9.17) is 4.52 Å². The molecular formula is C10H15N3O2. The number of likely N-dealkylation sites (N-methyl/N-ethyl adjacent to an activating group) is 1. The van der Waals surface area contributed by atoms with Crippen molar-refractivity contribution in [3.63, 3.8) is 0 Å². The van der Waals surface area contributed by atoms with Crippen molar-refractivity contribution < 1.29 is 9.32 Å². The van der Waals surface area contributed by atoms with E-state index in [0.717, 1.165) is 12.0 Å². The lowest BCUT2D eigenvalue weighted by atomic mass is 10.2. The van der Waals surface area contributed by atoms with E-state index in [9.17, 15) is 4.79 Å². The van der Waals surface area contributed by atoms with Crippen LogP contribution in [0, 0.1) is 0 Å². The molecule has 0 aliphatic carbocycles. The molecule has 0 saturated heterocycles. The number of nitrogens with zero attached hydrogens (tertiary/aromatic N) is 2. The van der Waals surface area contributed by atoms with Gasteiger partial charge in [-0.05, 0) is 13.3 Å². The molecule has 0 unspecified atom stereocenters. The number of amides is 1. The maximum absolute atomic E-state index is 11.0. The van der Waals surface area contributed by atoms with Gasteiger partial charge in [-0.15, -0.1) is 0 Å². The van der Waals surface area contributed by atoms with E-state index in [-0.39, 0.29) is 12.3 Å². The van der Waals surface area contributed by atoms with Crippen molar-refractivity contribution in [1.82, 2.24) is 15.5 Å². The fourth-order valence-corrected chi connectivity index (χ4v) is 1.11. The first-order valence-corrected chi connectivity index (χ1v) is 4.87. The zero-order chi connectivity index (χ0) is 11.3. The van der Waals surface area contributed by atoms with Crippen molar-refractivity contribution in [1.29, 1.82) is 0 Å². The Morgan fingerprint density at radius 2 is 2.33 bits per heavy atom. The minimum absolute atomic E-state index is 0.125. The molecule has 0 saturated carbocycles. The van der Waals surface area contributed by atoms with Crippen LogP contribution in [0.15, 0.2) is 10.6 Å². The van der Waals surface area contributed by atoms with Gasteiger partial charge in [0.2, 0.25) is 5.91 Å². The van der Waals surface area contributed by atoms with E-state index in [0.29, 0.717) is 11.7 Å². The maximum Gasteiger partial charge on any atom is 0.253 e. The summed E-state index contributed by atoms with van der Waals surface area (Å²) in [4.78, 5) is 15.1. The van der Waals surface area contributed by atoms with Crippen LogP contribution in [0.1, 0.15) is 32.0 Å². The molecule has 82 valence electrons. The predicted octanol–water partition coefficient (Wildman–Crippen LogP) is 1.17. The zero-order valence-corrected chi connectivity index (χ0v) is 9.20. The molecule has 0 aliphatic rings. The lowest BCUT2D eigenvalue weighted by molar-refractivity contribution is -0.120. The summed E-state index contributed by atoms with van der Waals surface area (Å²) in [5.41, 5.74) is 0.938. The van der Waals surface area contributed by atoms with Crippen LogP contribution < -0.4 is 5.32 Å². The van der Waals surface area contributed by atoms with Crippen LogP contribution in [0.25, 0.3) is 5.57 Å². The van der Waals surface area contributed by atoms with Gasteiger partial charge in [-0.25, -0.2) is 0 Å². The highest BCUT2D eigenvalue weighted by Gasteiger charge is 2.10. The Morgan fingerprint density at radius 3 is 2.93 bits per heavy atom. The third-order valence-corrected chi connectivity index (χ3v) is 1.91. The molecule has 0 fully saturated rings. The number of rotatable bonds is 4. The molecule has 15 heavy (non-hydrogen) atoms. The molecule has 0 radical (unpaired) electrons. The van der Waals surface area contributed by atoms with E-state index in [1.54, 1.807) is 7.05 Å². The number of carbonyl (C=O) groups excluding carboxylic acids is 1. The minimum Gasteiger partial charge on any atom is -0.359 e. The van der Waals surface area contributed by atoms with Gasteiger partial charge < -0.3 is 9.84 Å². The Labute approximate surface area is 88.6 Å². The number of allylic oxidation sites excluding steroid dienone is 2. The highest BCUT2D eigenvalue weighted by atomic mass is 16.5. The molecule has 1 aromatic rings. The smallest absolute Gasteiger partial charge is 0.253 e. The molecule has 1 N–H and O–H groups in total. The monoisotopic (exact) mass is 209 g/mol. The third kappa shape index (κ3) is 3.19. The summed E-state index contributed by atoms with van der Waals surface area (Å²) in [6, 6.07) is 0. The predicted molar refractivity (Wildman–Crippen MR) is 56.0 cm³/mol. The summed E-state index contributed by atoms with van der Waals surface area (Å²) >= 11 is 0. The number of aromatic nitrogens is 2. The van der Waals surface area contributed by atoms with Crippen molar-refractivity contribution in [3.8, 4) is 0 Å². The molecule has 1 rings (SSSR count). The fourth-order valence-electron chi connectivity index (χ4n) is 1.11. The van der Waals surface area contributed by atoms with Gasteiger partial charge in [0.05, 0.1) is 6.42 Å². The second-order valence-corrected chi connectivity index (χ2v) is 3.16. The first-order valence-electron chi connectivity index (χ1n) is 4.87. The van der Waals surface area contributed by atoms with Gasteiger partial charge in [0.1, 0.15) is 0 Å². The number of carbonyl (C=O) groups is 1. The average Bonchev–Trinajstić information content (AvgIpc) is 2.66. The molecular weight excluding hydrogens is 194 g/mol. The zero-order valence-electron chi connectivity index (χ0n) is 9.20. The van der Waals surface area contributed by atoms with Crippen LogP contribution in [-0.4, -0.2) is 23.1 Å². The summed E-state index contributed by atoms with van der Waals surface area (Å²) in [6.07, 6.45) is 3.07. The van der Waals surface area contributed by atoms with Crippen molar-refractivity contribution in [2.45, 2.75) is 26.7 Å². The lowest BCUT2D eigenvalue weighted by Gasteiger charge is -1.92. The molecule has 0 spiro atoms. The van der Waals surface area contributed by atoms with Gasteiger partial charge in [0.15, 0.2) is 5.82 Å². The maximum atomic E-state index is 11.0. The Bertz CT molecular complexity index is 368. The molecule has 1 aromatic heterocycles. The molecule has 1 amide bonds. The van der Waals surface area contributed by atoms with Gasteiger partial charge in [0, 0.05) is 12.6 Å². The Kier molecular flexibility index (Phi) is 4.03. The van der Waals surface area contributed by atoms with E-state index < -0.39 is 0 Å². The van der Waals surface area contributed by atoms with Crippen LogP contribution in [0.4, 0.5) is 0 Å². The summed E-state index contributed by atoms with van der Waals surface area (Å²) in [6.45, 7) is 3.94.